The molecular formula is C38H40N6. The number of hydrogen-bond donors (Lipinski definition) is 0. The molecule has 4 aromatic carbocycles. The highest BCUT2D eigenvalue weighted by molar-refractivity contribution is 6.03. The Morgan fingerprint density at radius 1 is 0.409 bits per heavy atom. The first-order valence-corrected chi connectivity index (χ1v) is 15.6. The van der Waals surface area contributed by atoms with Crippen LogP contribution in [0.5, 0.6) is 0 Å². The Morgan fingerprint density at radius 2 is 0.773 bits per heavy atom. The Hall–Kier alpha value is -4.58. The largest absolute Gasteiger partial charge is 0.304 e. The average Bonchev–Trinajstić information content (AvgIpc) is 3.64. The second kappa shape index (κ2) is 8.53. The van der Waals surface area contributed by atoms with Crippen LogP contribution in [0.4, 0.5) is 23.3 Å². The quantitative estimate of drug-likeness (QED) is 0.209. The van der Waals surface area contributed by atoms with Crippen molar-refractivity contribution >= 4 is 45.3 Å². The van der Waals surface area contributed by atoms with Crippen LogP contribution in [0.2, 0.25) is 0 Å². The lowest BCUT2D eigenvalue weighted by Gasteiger charge is -2.41. The van der Waals surface area contributed by atoms with E-state index in [2.05, 4.69) is 171 Å². The van der Waals surface area contributed by atoms with E-state index >= 15 is 0 Å². The number of benzene rings is 4. The molecule has 0 radical (unpaired) electrons. The van der Waals surface area contributed by atoms with Gasteiger partial charge in [0.1, 0.15) is 0 Å². The average molecular weight is 581 g/mol. The summed E-state index contributed by atoms with van der Waals surface area (Å²) in [6.07, 6.45) is 0. The molecule has 4 heterocycles. The number of aromatic nitrogens is 4. The third-order valence-corrected chi connectivity index (χ3v) is 11.3. The van der Waals surface area contributed by atoms with E-state index in [-0.39, 0.29) is 22.2 Å². The zero-order valence-corrected chi connectivity index (χ0v) is 26.9. The number of para-hydroxylation sites is 4. The van der Waals surface area contributed by atoms with Crippen molar-refractivity contribution in [3.05, 3.63) is 97.1 Å². The van der Waals surface area contributed by atoms with Gasteiger partial charge >= 0.3 is 0 Å². The zero-order chi connectivity index (χ0) is 30.8. The predicted molar refractivity (Wildman–Crippen MR) is 182 cm³/mol. The van der Waals surface area contributed by atoms with Gasteiger partial charge in [-0.2, -0.15) is 0 Å². The van der Waals surface area contributed by atoms with Crippen molar-refractivity contribution in [2.24, 2.45) is 0 Å². The summed E-state index contributed by atoms with van der Waals surface area (Å²) in [5.41, 5.74) is 8.02. The summed E-state index contributed by atoms with van der Waals surface area (Å²) in [7, 11) is 0. The summed E-state index contributed by atoms with van der Waals surface area (Å²) in [4.78, 5) is 15.7. The minimum Gasteiger partial charge on any atom is -0.304 e. The van der Waals surface area contributed by atoms with E-state index in [4.69, 9.17) is 9.97 Å². The van der Waals surface area contributed by atoms with E-state index in [0.717, 1.165) is 56.5 Å². The van der Waals surface area contributed by atoms with Crippen LogP contribution < -0.4 is 9.80 Å². The van der Waals surface area contributed by atoms with Crippen molar-refractivity contribution in [1.29, 1.82) is 0 Å². The number of rotatable bonds is 3. The van der Waals surface area contributed by atoms with E-state index in [0.29, 0.717) is 0 Å². The first-order valence-electron chi connectivity index (χ1n) is 15.6. The molecule has 0 fully saturated rings. The number of anilines is 4. The van der Waals surface area contributed by atoms with Crippen LogP contribution in [0.1, 0.15) is 55.4 Å². The van der Waals surface area contributed by atoms with E-state index in [1.165, 1.54) is 0 Å². The molecule has 6 heteroatoms. The highest BCUT2D eigenvalue weighted by atomic mass is 15.5. The Kier molecular flexibility index (Phi) is 5.23. The second-order valence-electron chi connectivity index (χ2n) is 14.4. The summed E-state index contributed by atoms with van der Waals surface area (Å²) in [6.45, 7) is 18.6. The topological polar surface area (TPSA) is 42.1 Å². The zero-order valence-electron chi connectivity index (χ0n) is 26.9. The van der Waals surface area contributed by atoms with Crippen LogP contribution >= 0.6 is 0 Å². The van der Waals surface area contributed by atoms with Crippen LogP contribution in [0, 0.1) is 0 Å². The normalized spacial score (nSPS) is 19.1. The Labute approximate surface area is 259 Å². The number of imidazole rings is 2. The fraction of sp³-hybridized carbons (Fsp3) is 0.316. The van der Waals surface area contributed by atoms with Gasteiger partial charge in [-0.15, -0.1) is 0 Å². The van der Waals surface area contributed by atoms with Crippen LogP contribution in [0.25, 0.3) is 33.2 Å². The van der Waals surface area contributed by atoms with E-state index in [1.807, 2.05) is 0 Å². The molecule has 8 rings (SSSR count). The van der Waals surface area contributed by atoms with Gasteiger partial charge in [0.2, 0.25) is 11.9 Å². The molecule has 0 atom stereocenters. The van der Waals surface area contributed by atoms with Gasteiger partial charge in [0.15, 0.2) is 0 Å². The molecule has 0 spiro atoms. The third-order valence-electron chi connectivity index (χ3n) is 11.3. The fourth-order valence-corrected chi connectivity index (χ4v) is 7.64. The summed E-state index contributed by atoms with van der Waals surface area (Å²) < 4.78 is 4.88. The van der Waals surface area contributed by atoms with Crippen LogP contribution in [0.15, 0.2) is 97.1 Å². The van der Waals surface area contributed by atoms with E-state index in [9.17, 15) is 0 Å². The molecule has 0 saturated carbocycles. The van der Waals surface area contributed by atoms with Crippen LogP contribution in [0.3, 0.4) is 0 Å². The molecular weight excluding hydrogens is 540 g/mol. The van der Waals surface area contributed by atoms with E-state index < -0.39 is 0 Å². The van der Waals surface area contributed by atoms with Gasteiger partial charge < -0.3 is 18.9 Å². The standard InChI is InChI=1S/C38H40N6/c1-35(2)37(5,6)43-29-23-15-21-27(31(29)39-33(43)41(35)25-17-11-9-12-18-25)28-22-16-24-30-32(28)40-34-42(26-19-13-10-14-20-26)36(3,4)38(7,8)44(30)34/h9-24H,1-8H3. The molecule has 0 saturated heterocycles. The van der Waals surface area contributed by atoms with E-state index in [1.54, 1.807) is 0 Å². The van der Waals surface area contributed by atoms with Gasteiger partial charge in [-0.05, 0) is 91.8 Å². The second-order valence-corrected chi connectivity index (χ2v) is 14.4. The Balaban J connectivity index is 1.38. The maximum absolute atomic E-state index is 5.45. The van der Waals surface area contributed by atoms with Crippen molar-refractivity contribution < 1.29 is 0 Å². The molecule has 0 unspecified atom stereocenters. The molecule has 2 aliphatic heterocycles. The molecule has 44 heavy (non-hydrogen) atoms. The fourth-order valence-electron chi connectivity index (χ4n) is 7.64. The molecule has 2 aliphatic rings. The van der Waals surface area contributed by atoms with Crippen molar-refractivity contribution in [3.63, 3.8) is 0 Å². The summed E-state index contributed by atoms with van der Waals surface area (Å²) in [6, 6.07) is 34.5. The number of fused-ring (bicyclic) bond motifs is 6. The molecule has 2 aromatic heterocycles. The molecule has 6 nitrogen and oxygen atoms in total. The van der Waals surface area contributed by atoms with Gasteiger partial charge in [0.05, 0.1) is 44.2 Å². The van der Waals surface area contributed by atoms with Gasteiger partial charge in [-0.1, -0.05) is 60.7 Å². The molecule has 6 aromatic rings. The Bertz CT molecular complexity index is 1930. The van der Waals surface area contributed by atoms with Gasteiger partial charge in [0, 0.05) is 22.5 Å². The highest BCUT2D eigenvalue weighted by Crippen LogP contribution is 2.54. The van der Waals surface area contributed by atoms with Gasteiger partial charge in [-0.3, -0.25) is 0 Å². The lowest BCUT2D eigenvalue weighted by Crippen LogP contribution is -2.50. The van der Waals surface area contributed by atoms with Crippen molar-refractivity contribution in [1.82, 2.24) is 19.1 Å². The number of hydrogen-bond acceptors (Lipinski definition) is 4. The monoisotopic (exact) mass is 580 g/mol. The first-order chi connectivity index (χ1) is 20.9. The SMILES string of the molecule is CC1(C)N(c2ccccc2)c2nc3c(-c4cccc5c4nc4n5C(C)(C)C(C)(C)N4c4ccccc4)cccc3n2C1(C)C. The first kappa shape index (κ1) is 27.0. The molecule has 0 bridgehead atoms. The molecule has 222 valence electrons. The lowest BCUT2D eigenvalue weighted by molar-refractivity contribution is 0.253. The molecule has 0 aliphatic carbocycles. The smallest absolute Gasteiger partial charge is 0.212 e. The van der Waals surface area contributed by atoms with Gasteiger partial charge in [-0.25, -0.2) is 9.97 Å². The predicted octanol–water partition coefficient (Wildman–Crippen LogP) is 9.38. The highest BCUT2D eigenvalue weighted by Gasteiger charge is 2.54. The summed E-state index contributed by atoms with van der Waals surface area (Å²) in [5, 5.41) is 0. The Morgan fingerprint density at radius 3 is 1.14 bits per heavy atom. The van der Waals surface area contributed by atoms with Crippen LogP contribution in [-0.2, 0) is 11.1 Å². The molecule has 0 amide bonds. The van der Waals surface area contributed by atoms with Gasteiger partial charge in [0.25, 0.3) is 0 Å². The summed E-state index contributed by atoms with van der Waals surface area (Å²) in [5.74, 6) is 1.96. The molecule has 0 N–H and O–H groups in total. The van der Waals surface area contributed by atoms with Crippen LogP contribution in [-0.4, -0.2) is 30.2 Å². The lowest BCUT2D eigenvalue weighted by atomic mass is 9.82. The number of nitrogens with zero attached hydrogens (tertiary/aromatic N) is 6. The minimum absolute atomic E-state index is 0.190. The summed E-state index contributed by atoms with van der Waals surface area (Å²) >= 11 is 0. The minimum atomic E-state index is -0.209. The maximum atomic E-state index is 5.45. The van der Waals surface area contributed by atoms with Crippen molar-refractivity contribution in [2.45, 2.75) is 77.5 Å². The van der Waals surface area contributed by atoms with Crippen molar-refractivity contribution in [2.75, 3.05) is 9.80 Å². The maximum Gasteiger partial charge on any atom is 0.212 e. The third kappa shape index (κ3) is 3.16. The van der Waals surface area contributed by atoms with Crippen molar-refractivity contribution in [3.8, 4) is 11.1 Å².